The van der Waals surface area contributed by atoms with Gasteiger partial charge in [-0.1, -0.05) is 38.4 Å². The number of hydrogen-bond acceptors (Lipinski definition) is 2. The molecule has 14 heavy (non-hydrogen) atoms. The molecule has 0 saturated carbocycles. The molecule has 1 aromatic rings. The maximum absolute atomic E-state index is 6.14. The first-order valence-corrected chi connectivity index (χ1v) is 5.79. The Hall–Kier alpha value is -0.180. The van der Waals surface area contributed by atoms with Gasteiger partial charge in [-0.3, -0.25) is 0 Å². The average Bonchev–Trinajstić information content (AvgIpc) is 2.06. The summed E-state index contributed by atoms with van der Waals surface area (Å²) in [6, 6.07) is 6.01. The van der Waals surface area contributed by atoms with E-state index in [1.807, 2.05) is 18.2 Å². The predicted octanol–water partition coefficient (Wildman–Crippen LogP) is 3.69. The van der Waals surface area contributed by atoms with Crippen molar-refractivity contribution in [2.45, 2.75) is 37.0 Å². The Morgan fingerprint density at radius 3 is 2.43 bits per heavy atom. The van der Waals surface area contributed by atoms with Crippen molar-refractivity contribution in [3.05, 3.63) is 28.8 Å². The second-order valence-electron chi connectivity index (χ2n) is 4.18. The molecule has 0 aliphatic carbocycles. The van der Waals surface area contributed by atoms with Crippen molar-refractivity contribution in [3.8, 4) is 0 Å². The van der Waals surface area contributed by atoms with Crippen LogP contribution in [0, 0.1) is 0 Å². The summed E-state index contributed by atoms with van der Waals surface area (Å²) in [6.07, 6.45) is 0. The molecule has 1 rings (SSSR count). The largest absolute Gasteiger partial charge is 0.326 e. The molecule has 0 radical (unpaired) electrons. The summed E-state index contributed by atoms with van der Waals surface area (Å²) >= 11 is 7.91. The summed E-state index contributed by atoms with van der Waals surface area (Å²) < 4.78 is 0.188. The molecule has 0 amide bonds. The minimum atomic E-state index is 0.188. The van der Waals surface area contributed by atoms with E-state index in [2.05, 4.69) is 20.8 Å². The summed E-state index contributed by atoms with van der Waals surface area (Å²) in [5.41, 5.74) is 6.61. The molecule has 0 aliphatic rings. The van der Waals surface area contributed by atoms with Gasteiger partial charge in [-0.05, 0) is 17.7 Å². The molecule has 2 N–H and O–H groups in total. The average molecular weight is 230 g/mol. The van der Waals surface area contributed by atoms with Gasteiger partial charge in [-0.2, -0.15) is 0 Å². The van der Waals surface area contributed by atoms with Crippen LogP contribution in [-0.2, 0) is 6.54 Å². The van der Waals surface area contributed by atoms with E-state index in [0.717, 1.165) is 15.5 Å². The van der Waals surface area contributed by atoms with Crippen molar-refractivity contribution in [3.63, 3.8) is 0 Å². The van der Waals surface area contributed by atoms with Crippen LogP contribution in [0.5, 0.6) is 0 Å². The van der Waals surface area contributed by atoms with Gasteiger partial charge in [0.05, 0.1) is 5.02 Å². The van der Waals surface area contributed by atoms with Crippen LogP contribution in [-0.4, -0.2) is 4.75 Å². The number of halogens is 1. The van der Waals surface area contributed by atoms with Crippen molar-refractivity contribution in [2.24, 2.45) is 5.73 Å². The molecule has 0 atom stereocenters. The number of hydrogen-bond donors (Lipinski definition) is 1. The topological polar surface area (TPSA) is 26.0 Å². The van der Waals surface area contributed by atoms with Gasteiger partial charge in [-0.25, -0.2) is 0 Å². The third-order valence-electron chi connectivity index (χ3n) is 1.65. The van der Waals surface area contributed by atoms with Crippen LogP contribution >= 0.6 is 23.4 Å². The lowest BCUT2D eigenvalue weighted by atomic mass is 10.2. The van der Waals surface area contributed by atoms with E-state index in [1.165, 1.54) is 0 Å². The Balaban J connectivity index is 2.89. The normalized spacial score (nSPS) is 11.8. The highest BCUT2D eigenvalue weighted by Crippen LogP contribution is 2.36. The van der Waals surface area contributed by atoms with Gasteiger partial charge < -0.3 is 5.73 Å². The molecule has 1 aromatic carbocycles. The smallest absolute Gasteiger partial charge is 0.0545 e. The van der Waals surface area contributed by atoms with Crippen molar-refractivity contribution >= 4 is 23.4 Å². The van der Waals surface area contributed by atoms with Crippen LogP contribution in [0.4, 0.5) is 0 Å². The molecule has 1 nitrogen and oxygen atoms in total. The van der Waals surface area contributed by atoms with Crippen molar-refractivity contribution in [2.75, 3.05) is 0 Å². The van der Waals surface area contributed by atoms with Crippen LogP contribution in [0.1, 0.15) is 26.3 Å². The van der Waals surface area contributed by atoms with Gasteiger partial charge in [0, 0.05) is 16.2 Å². The molecule has 0 aromatic heterocycles. The fourth-order valence-electron chi connectivity index (χ4n) is 1.08. The molecule has 0 unspecified atom stereocenters. The second kappa shape index (κ2) is 4.56. The van der Waals surface area contributed by atoms with Gasteiger partial charge in [0.15, 0.2) is 0 Å². The lowest BCUT2D eigenvalue weighted by Gasteiger charge is -2.18. The highest BCUT2D eigenvalue weighted by Gasteiger charge is 2.14. The molecule has 0 heterocycles. The quantitative estimate of drug-likeness (QED) is 0.783. The minimum Gasteiger partial charge on any atom is -0.326 e. The van der Waals surface area contributed by atoms with Crippen LogP contribution in [0.2, 0.25) is 5.02 Å². The van der Waals surface area contributed by atoms with Crippen molar-refractivity contribution in [1.82, 2.24) is 0 Å². The van der Waals surface area contributed by atoms with Crippen LogP contribution < -0.4 is 5.73 Å². The molecular weight excluding hydrogens is 214 g/mol. The number of nitrogens with two attached hydrogens (primary N) is 1. The third-order valence-corrected chi connectivity index (χ3v) is 3.26. The number of benzene rings is 1. The minimum absolute atomic E-state index is 0.188. The Bertz CT molecular complexity index is 318. The van der Waals surface area contributed by atoms with E-state index >= 15 is 0 Å². The van der Waals surface area contributed by atoms with Crippen LogP contribution in [0.25, 0.3) is 0 Å². The molecule has 0 aliphatic heterocycles. The molecule has 0 bridgehead atoms. The number of rotatable bonds is 2. The highest BCUT2D eigenvalue weighted by atomic mass is 35.5. The Morgan fingerprint density at radius 1 is 1.36 bits per heavy atom. The molecule has 78 valence electrons. The van der Waals surface area contributed by atoms with E-state index in [-0.39, 0.29) is 4.75 Å². The van der Waals surface area contributed by atoms with E-state index in [4.69, 9.17) is 17.3 Å². The maximum atomic E-state index is 6.14. The van der Waals surface area contributed by atoms with Crippen LogP contribution in [0.15, 0.2) is 23.1 Å². The van der Waals surface area contributed by atoms with Gasteiger partial charge in [0.1, 0.15) is 0 Å². The summed E-state index contributed by atoms with van der Waals surface area (Å²) in [4.78, 5) is 1.12. The summed E-state index contributed by atoms with van der Waals surface area (Å²) in [7, 11) is 0. The Labute approximate surface area is 95.0 Å². The van der Waals surface area contributed by atoms with E-state index in [9.17, 15) is 0 Å². The fraction of sp³-hybridized carbons (Fsp3) is 0.455. The van der Waals surface area contributed by atoms with E-state index in [0.29, 0.717) is 6.54 Å². The third kappa shape index (κ3) is 3.52. The van der Waals surface area contributed by atoms with Crippen molar-refractivity contribution < 1.29 is 0 Å². The van der Waals surface area contributed by atoms with E-state index < -0.39 is 0 Å². The first-order chi connectivity index (χ1) is 6.42. The zero-order valence-corrected chi connectivity index (χ0v) is 10.4. The zero-order valence-electron chi connectivity index (χ0n) is 8.80. The van der Waals surface area contributed by atoms with Gasteiger partial charge in [-0.15, -0.1) is 11.8 Å². The lowest BCUT2D eigenvalue weighted by Crippen LogP contribution is -2.06. The predicted molar refractivity (Wildman–Crippen MR) is 65.0 cm³/mol. The molecule has 0 saturated heterocycles. The highest BCUT2D eigenvalue weighted by molar-refractivity contribution is 8.00. The standard InChI is InChI=1S/C11H16ClNS/c1-11(2,3)14-10-5-4-8(7-13)6-9(10)12/h4-6H,7,13H2,1-3H3. The lowest BCUT2D eigenvalue weighted by molar-refractivity contribution is 0.803. The molecule has 3 heteroatoms. The van der Waals surface area contributed by atoms with Crippen LogP contribution in [0.3, 0.4) is 0 Å². The first-order valence-electron chi connectivity index (χ1n) is 4.60. The first kappa shape index (κ1) is 11.9. The number of thioether (sulfide) groups is 1. The second-order valence-corrected chi connectivity index (χ2v) is 6.46. The Morgan fingerprint density at radius 2 is 2.00 bits per heavy atom. The van der Waals surface area contributed by atoms with E-state index in [1.54, 1.807) is 11.8 Å². The maximum Gasteiger partial charge on any atom is 0.0545 e. The summed E-state index contributed by atoms with van der Waals surface area (Å²) in [5.74, 6) is 0. The fourth-order valence-corrected chi connectivity index (χ4v) is 2.36. The summed E-state index contributed by atoms with van der Waals surface area (Å²) in [6.45, 7) is 7.06. The molecule has 0 fully saturated rings. The van der Waals surface area contributed by atoms with Gasteiger partial charge in [0.25, 0.3) is 0 Å². The molecular formula is C11H16ClNS. The monoisotopic (exact) mass is 229 g/mol. The van der Waals surface area contributed by atoms with Gasteiger partial charge in [0.2, 0.25) is 0 Å². The summed E-state index contributed by atoms with van der Waals surface area (Å²) in [5, 5.41) is 0.799. The SMILES string of the molecule is CC(C)(C)Sc1ccc(CN)cc1Cl. The Kier molecular flexibility index (Phi) is 3.87. The molecule has 0 spiro atoms. The zero-order chi connectivity index (χ0) is 10.8. The van der Waals surface area contributed by atoms with Gasteiger partial charge >= 0.3 is 0 Å². The van der Waals surface area contributed by atoms with Crippen molar-refractivity contribution in [1.29, 1.82) is 0 Å².